The highest BCUT2D eigenvalue weighted by Crippen LogP contribution is 2.20. The van der Waals surface area contributed by atoms with Crippen molar-refractivity contribution < 1.29 is 0 Å². The summed E-state index contributed by atoms with van der Waals surface area (Å²) in [6.45, 7) is 4.10. The first-order valence-electron chi connectivity index (χ1n) is 3.87. The summed E-state index contributed by atoms with van der Waals surface area (Å²) in [6.07, 6.45) is 3.24. The summed E-state index contributed by atoms with van der Waals surface area (Å²) >= 11 is 0. The molecule has 11 heavy (non-hydrogen) atoms. The molecule has 0 atom stereocenters. The predicted molar refractivity (Wildman–Crippen MR) is 42.8 cm³/mol. The molecule has 0 bridgehead atoms. The highest BCUT2D eigenvalue weighted by molar-refractivity contribution is 5.00. The van der Waals surface area contributed by atoms with E-state index in [-0.39, 0.29) is 5.54 Å². The number of hydrogen-bond acceptors (Lipinski definition) is 3. The molecule has 0 aromatic carbocycles. The molecule has 4 nitrogen and oxygen atoms in total. The van der Waals surface area contributed by atoms with Crippen molar-refractivity contribution in [3.8, 4) is 0 Å². The highest BCUT2D eigenvalue weighted by Gasteiger charge is 2.25. The van der Waals surface area contributed by atoms with Gasteiger partial charge < -0.3 is 5.73 Å². The van der Waals surface area contributed by atoms with Gasteiger partial charge in [-0.15, -0.1) is 0 Å². The molecular formula is C7H14N4. The van der Waals surface area contributed by atoms with Crippen molar-refractivity contribution >= 4 is 0 Å². The lowest BCUT2D eigenvalue weighted by molar-refractivity contribution is 0.388. The van der Waals surface area contributed by atoms with E-state index in [9.17, 15) is 0 Å². The SMILES string of the molecule is CCC(N)(CC)c1ncn[nH]1. The van der Waals surface area contributed by atoms with Crippen LogP contribution in [0.25, 0.3) is 0 Å². The number of nitrogens with zero attached hydrogens (tertiary/aromatic N) is 2. The maximum atomic E-state index is 6.03. The van der Waals surface area contributed by atoms with Crippen molar-refractivity contribution in [2.45, 2.75) is 32.2 Å². The van der Waals surface area contributed by atoms with Crippen LogP contribution >= 0.6 is 0 Å². The molecule has 1 rings (SSSR count). The molecule has 4 heteroatoms. The number of aromatic nitrogens is 3. The van der Waals surface area contributed by atoms with E-state index < -0.39 is 0 Å². The van der Waals surface area contributed by atoms with E-state index >= 15 is 0 Å². The van der Waals surface area contributed by atoms with Gasteiger partial charge in [-0.3, -0.25) is 5.10 Å². The van der Waals surface area contributed by atoms with Crippen LogP contribution in [0, 0.1) is 0 Å². The highest BCUT2D eigenvalue weighted by atomic mass is 15.2. The van der Waals surface area contributed by atoms with Crippen LogP contribution in [0.1, 0.15) is 32.5 Å². The smallest absolute Gasteiger partial charge is 0.144 e. The minimum Gasteiger partial charge on any atom is -0.319 e. The first-order valence-corrected chi connectivity index (χ1v) is 3.87. The average molecular weight is 154 g/mol. The third kappa shape index (κ3) is 1.40. The Hall–Kier alpha value is -0.900. The molecule has 0 radical (unpaired) electrons. The van der Waals surface area contributed by atoms with Crippen LogP contribution in [0.4, 0.5) is 0 Å². The van der Waals surface area contributed by atoms with Gasteiger partial charge in [-0.2, -0.15) is 5.10 Å². The summed E-state index contributed by atoms with van der Waals surface area (Å²) in [5, 5.41) is 6.56. The van der Waals surface area contributed by atoms with Crippen molar-refractivity contribution in [1.82, 2.24) is 15.2 Å². The molecule has 0 aliphatic carbocycles. The molecule has 0 saturated carbocycles. The van der Waals surface area contributed by atoms with Gasteiger partial charge in [0.15, 0.2) is 0 Å². The van der Waals surface area contributed by atoms with Gasteiger partial charge >= 0.3 is 0 Å². The Labute approximate surface area is 66.2 Å². The van der Waals surface area contributed by atoms with Crippen LogP contribution in [-0.4, -0.2) is 15.2 Å². The van der Waals surface area contributed by atoms with Gasteiger partial charge in [-0.25, -0.2) is 4.98 Å². The fraction of sp³-hybridized carbons (Fsp3) is 0.714. The molecule has 0 fully saturated rings. The summed E-state index contributed by atoms with van der Waals surface area (Å²) in [7, 11) is 0. The van der Waals surface area contributed by atoms with Gasteiger partial charge in [-0.1, -0.05) is 13.8 Å². The Bertz CT molecular complexity index is 200. The van der Waals surface area contributed by atoms with Crippen LogP contribution in [0.5, 0.6) is 0 Å². The van der Waals surface area contributed by atoms with E-state index in [4.69, 9.17) is 5.73 Å². The standard InChI is InChI=1S/C7H14N4/c1-3-7(8,4-2)6-9-5-10-11-6/h5H,3-4,8H2,1-2H3,(H,9,10,11). The number of hydrogen-bond donors (Lipinski definition) is 2. The molecule has 1 heterocycles. The lowest BCUT2D eigenvalue weighted by atomic mass is 9.94. The maximum Gasteiger partial charge on any atom is 0.144 e. The predicted octanol–water partition coefficient (Wildman–Crippen LogP) is 0.779. The van der Waals surface area contributed by atoms with Crippen molar-refractivity contribution in [1.29, 1.82) is 0 Å². The van der Waals surface area contributed by atoms with Gasteiger partial charge in [0.2, 0.25) is 0 Å². The Kier molecular flexibility index (Phi) is 2.24. The molecule has 0 amide bonds. The van der Waals surface area contributed by atoms with Gasteiger partial charge in [0.05, 0.1) is 5.54 Å². The van der Waals surface area contributed by atoms with Crippen LogP contribution < -0.4 is 5.73 Å². The Morgan fingerprint density at radius 2 is 2.18 bits per heavy atom. The van der Waals surface area contributed by atoms with E-state index in [1.54, 1.807) is 0 Å². The zero-order valence-corrected chi connectivity index (χ0v) is 6.96. The molecule has 0 unspecified atom stereocenters. The van der Waals surface area contributed by atoms with Gasteiger partial charge in [0, 0.05) is 0 Å². The fourth-order valence-electron chi connectivity index (χ4n) is 1.03. The van der Waals surface area contributed by atoms with Gasteiger partial charge in [0.25, 0.3) is 0 Å². The Balaban J connectivity index is 2.87. The lowest BCUT2D eigenvalue weighted by Gasteiger charge is -2.22. The summed E-state index contributed by atoms with van der Waals surface area (Å²) in [5.74, 6) is 0.780. The Morgan fingerprint density at radius 3 is 2.55 bits per heavy atom. The Morgan fingerprint density at radius 1 is 1.55 bits per heavy atom. The molecule has 62 valence electrons. The van der Waals surface area contributed by atoms with Crippen molar-refractivity contribution in [3.05, 3.63) is 12.2 Å². The van der Waals surface area contributed by atoms with E-state index in [0.29, 0.717) is 0 Å². The summed E-state index contributed by atoms with van der Waals surface area (Å²) < 4.78 is 0. The van der Waals surface area contributed by atoms with E-state index in [1.165, 1.54) is 6.33 Å². The monoisotopic (exact) mass is 154 g/mol. The summed E-state index contributed by atoms with van der Waals surface area (Å²) in [4.78, 5) is 4.04. The third-order valence-corrected chi connectivity index (χ3v) is 2.15. The first-order chi connectivity index (χ1) is 5.23. The van der Waals surface area contributed by atoms with Crippen LogP contribution in [0.2, 0.25) is 0 Å². The van der Waals surface area contributed by atoms with Crippen molar-refractivity contribution in [3.63, 3.8) is 0 Å². The molecule has 1 aromatic rings. The molecule has 3 N–H and O–H groups in total. The fourth-order valence-corrected chi connectivity index (χ4v) is 1.03. The van der Waals surface area contributed by atoms with Crippen molar-refractivity contribution in [2.75, 3.05) is 0 Å². The lowest BCUT2D eigenvalue weighted by Crippen LogP contribution is -2.36. The topological polar surface area (TPSA) is 67.6 Å². The zero-order valence-electron chi connectivity index (χ0n) is 6.96. The van der Waals surface area contributed by atoms with Gasteiger partial charge in [-0.05, 0) is 12.8 Å². The second-order valence-electron chi connectivity index (χ2n) is 2.70. The van der Waals surface area contributed by atoms with E-state index in [1.807, 2.05) is 13.8 Å². The maximum absolute atomic E-state index is 6.03. The summed E-state index contributed by atoms with van der Waals surface area (Å²) in [6, 6.07) is 0. The van der Waals surface area contributed by atoms with E-state index in [2.05, 4.69) is 15.2 Å². The van der Waals surface area contributed by atoms with E-state index in [0.717, 1.165) is 18.7 Å². The minimum absolute atomic E-state index is 0.323. The zero-order chi connectivity index (χ0) is 8.32. The number of rotatable bonds is 3. The normalized spacial score (nSPS) is 11.9. The molecule has 0 saturated heterocycles. The van der Waals surface area contributed by atoms with Crippen LogP contribution in [-0.2, 0) is 5.54 Å². The first kappa shape index (κ1) is 8.20. The third-order valence-electron chi connectivity index (χ3n) is 2.15. The quantitative estimate of drug-likeness (QED) is 0.676. The number of nitrogens with two attached hydrogens (primary N) is 1. The van der Waals surface area contributed by atoms with Crippen molar-refractivity contribution in [2.24, 2.45) is 5.73 Å². The number of aromatic amines is 1. The largest absolute Gasteiger partial charge is 0.319 e. The van der Waals surface area contributed by atoms with Crippen LogP contribution in [0.3, 0.4) is 0 Å². The van der Waals surface area contributed by atoms with Crippen LogP contribution in [0.15, 0.2) is 6.33 Å². The molecular weight excluding hydrogens is 140 g/mol. The molecule has 0 aliphatic rings. The number of H-pyrrole nitrogens is 1. The number of nitrogens with one attached hydrogen (secondary N) is 1. The molecule has 0 spiro atoms. The molecule has 0 aliphatic heterocycles. The average Bonchev–Trinajstić information content (AvgIpc) is 2.55. The minimum atomic E-state index is -0.323. The summed E-state index contributed by atoms with van der Waals surface area (Å²) in [5.41, 5.74) is 5.71. The second-order valence-corrected chi connectivity index (χ2v) is 2.70. The second kappa shape index (κ2) is 3.00. The van der Waals surface area contributed by atoms with Gasteiger partial charge in [0.1, 0.15) is 12.2 Å². The molecule has 1 aromatic heterocycles.